The van der Waals surface area contributed by atoms with Crippen molar-refractivity contribution in [3.8, 4) is 0 Å². The van der Waals surface area contributed by atoms with Crippen LogP contribution in [0.3, 0.4) is 0 Å². The van der Waals surface area contributed by atoms with Crippen LogP contribution in [0.5, 0.6) is 0 Å². The van der Waals surface area contributed by atoms with E-state index in [2.05, 4.69) is 21.3 Å². The Morgan fingerprint density at radius 1 is 1.52 bits per heavy atom. The minimum atomic E-state index is -0.831. The summed E-state index contributed by atoms with van der Waals surface area (Å²) in [5, 5.41) is 4.90. The lowest BCUT2D eigenvalue weighted by Crippen LogP contribution is -2.42. The number of carbonyl (C=O) groups is 1. The van der Waals surface area contributed by atoms with Crippen LogP contribution in [0.2, 0.25) is 0 Å². The number of hydrogen-bond acceptors (Lipinski definition) is 4. The summed E-state index contributed by atoms with van der Waals surface area (Å²) in [6, 6.07) is 5.75. The van der Waals surface area contributed by atoms with Gasteiger partial charge in [0.25, 0.3) is 0 Å². The van der Waals surface area contributed by atoms with Gasteiger partial charge in [0.1, 0.15) is 6.17 Å². The number of nitrogens with zero attached hydrogens (tertiary/aromatic N) is 3. The number of alkyl halides is 1. The number of nitrogens with one attached hydrogen (secondary N) is 1. The Morgan fingerprint density at radius 3 is 3.08 bits per heavy atom. The van der Waals surface area contributed by atoms with E-state index in [0.29, 0.717) is 25.2 Å². The van der Waals surface area contributed by atoms with Gasteiger partial charge in [-0.15, -0.1) is 11.3 Å². The van der Waals surface area contributed by atoms with Crippen LogP contribution >= 0.6 is 11.3 Å². The first kappa shape index (κ1) is 17.8. The third-order valence-corrected chi connectivity index (χ3v) is 5.39. The molecule has 2 aromatic rings. The number of likely N-dealkylation sites (tertiary alicyclic amines) is 1. The van der Waals surface area contributed by atoms with Crippen LogP contribution in [-0.2, 0) is 6.54 Å². The summed E-state index contributed by atoms with van der Waals surface area (Å²) >= 11 is 1.68. The van der Waals surface area contributed by atoms with E-state index in [4.69, 9.17) is 0 Å². The van der Waals surface area contributed by atoms with Gasteiger partial charge in [0.05, 0.1) is 11.9 Å². The van der Waals surface area contributed by atoms with Gasteiger partial charge < -0.3 is 10.2 Å². The summed E-state index contributed by atoms with van der Waals surface area (Å²) in [6.45, 7) is 3.58. The summed E-state index contributed by atoms with van der Waals surface area (Å²) in [7, 11) is 1.75. The molecule has 1 saturated heterocycles. The van der Waals surface area contributed by atoms with Gasteiger partial charge in [-0.05, 0) is 36.4 Å². The highest BCUT2D eigenvalue weighted by molar-refractivity contribution is 7.09. The van der Waals surface area contributed by atoms with Gasteiger partial charge in [-0.3, -0.25) is 9.88 Å². The number of aryl methyl sites for hydroxylation is 1. The summed E-state index contributed by atoms with van der Waals surface area (Å²) < 4.78 is 13.9. The Balaban J connectivity index is 1.59. The second kappa shape index (κ2) is 7.93. The highest BCUT2D eigenvalue weighted by Crippen LogP contribution is 2.25. The van der Waals surface area contributed by atoms with Crippen molar-refractivity contribution in [2.75, 3.05) is 25.5 Å². The van der Waals surface area contributed by atoms with Crippen molar-refractivity contribution in [1.29, 1.82) is 0 Å². The Morgan fingerprint density at radius 2 is 2.36 bits per heavy atom. The molecule has 2 aromatic heterocycles. The number of halogens is 1. The first-order valence-electron chi connectivity index (χ1n) is 8.36. The van der Waals surface area contributed by atoms with Crippen LogP contribution < -0.4 is 5.32 Å². The van der Waals surface area contributed by atoms with E-state index < -0.39 is 6.17 Å². The van der Waals surface area contributed by atoms with Crippen molar-refractivity contribution >= 4 is 23.1 Å². The molecule has 0 spiro atoms. The fourth-order valence-electron chi connectivity index (χ4n) is 3.11. The minimum absolute atomic E-state index is 0.0304. The second-order valence-corrected chi connectivity index (χ2v) is 7.53. The molecule has 0 aromatic carbocycles. The number of carbonyl (C=O) groups excluding carboxylic acids is 1. The van der Waals surface area contributed by atoms with E-state index in [-0.39, 0.29) is 12.1 Å². The lowest BCUT2D eigenvalue weighted by Gasteiger charge is -2.28. The van der Waals surface area contributed by atoms with E-state index in [9.17, 15) is 9.18 Å². The normalized spacial score (nSPS) is 20.6. The Labute approximate surface area is 151 Å². The minimum Gasteiger partial charge on any atom is -0.326 e. The fraction of sp³-hybridized carbons (Fsp3) is 0.444. The van der Waals surface area contributed by atoms with E-state index in [1.165, 1.54) is 4.88 Å². The molecule has 0 radical (unpaired) electrons. The molecule has 25 heavy (non-hydrogen) atoms. The molecule has 1 aliphatic rings. The summed E-state index contributed by atoms with van der Waals surface area (Å²) in [5.41, 5.74) is 1.66. The molecule has 134 valence electrons. The highest BCUT2D eigenvalue weighted by Gasteiger charge is 2.33. The van der Waals surface area contributed by atoms with E-state index >= 15 is 0 Å². The van der Waals surface area contributed by atoms with E-state index in [1.807, 2.05) is 24.4 Å². The highest BCUT2D eigenvalue weighted by atomic mass is 32.1. The first-order chi connectivity index (χ1) is 12.0. The van der Waals surface area contributed by atoms with Crippen LogP contribution in [-0.4, -0.2) is 53.2 Å². The molecular weight excluding hydrogens is 339 g/mol. The number of aromatic nitrogens is 1. The number of thiophene rings is 1. The SMILES string of the molecule is Cc1ccncc1NC(=O)N(C)C[C@@H]1C[C@H](F)CN1Cc1cccs1. The van der Waals surface area contributed by atoms with E-state index in [1.54, 1.807) is 35.7 Å². The molecule has 0 saturated carbocycles. The van der Waals surface area contributed by atoms with Crippen LogP contribution in [0.1, 0.15) is 16.9 Å². The summed E-state index contributed by atoms with van der Waals surface area (Å²) in [5.74, 6) is 0. The van der Waals surface area contributed by atoms with Gasteiger partial charge in [0.2, 0.25) is 0 Å². The zero-order valence-corrected chi connectivity index (χ0v) is 15.3. The van der Waals surface area contributed by atoms with Crippen molar-refractivity contribution < 1.29 is 9.18 Å². The van der Waals surface area contributed by atoms with Gasteiger partial charge in [0, 0.05) is 43.8 Å². The van der Waals surface area contributed by atoms with Crippen molar-refractivity contribution in [2.24, 2.45) is 0 Å². The Kier molecular flexibility index (Phi) is 5.65. The van der Waals surface area contributed by atoms with Crippen LogP contribution in [0.25, 0.3) is 0 Å². The van der Waals surface area contributed by atoms with Gasteiger partial charge >= 0.3 is 6.03 Å². The molecule has 1 N–H and O–H groups in total. The number of urea groups is 1. The van der Waals surface area contributed by atoms with Crippen LogP contribution in [0, 0.1) is 6.92 Å². The maximum absolute atomic E-state index is 13.9. The van der Waals surface area contributed by atoms with E-state index in [0.717, 1.165) is 12.1 Å². The molecule has 2 atom stereocenters. The molecular formula is C18H23FN4OS. The lowest BCUT2D eigenvalue weighted by atomic mass is 10.2. The first-order valence-corrected chi connectivity index (χ1v) is 9.24. The number of likely N-dealkylation sites (N-methyl/N-ethyl adjacent to an activating group) is 1. The number of anilines is 1. The number of pyridine rings is 1. The maximum atomic E-state index is 13.9. The van der Waals surface area contributed by atoms with Crippen molar-refractivity contribution in [3.05, 3.63) is 46.4 Å². The van der Waals surface area contributed by atoms with Gasteiger partial charge in [-0.25, -0.2) is 9.18 Å². The van der Waals surface area contributed by atoms with Gasteiger partial charge in [-0.1, -0.05) is 6.07 Å². The van der Waals surface area contributed by atoms with Crippen LogP contribution in [0.15, 0.2) is 36.0 Å². The Hall–Kier alpha value is -1.99. The molecule has 1 aliphatic heterocycles. The smallest absolute Gasteiger partial charge is 0.321 e. The van der Waals surface area contributed by atoms with Gasteiger partial charge in [-0.2, -0.15) is 0 Å². The summed E-state index contributed by atoms with van der Waals surface area (Å²) in [6.07, 6.45) is 2.96. The second-order valence-electron chi connectivity index (χ2n) is 6.50. The predicted molar refractivity (Wildman–Crippen MR) is 98.7 cm³/mol. The average molecular weight is 362 g/mol. The molecule has 3 heterocycles. The topological polar surface area (TPSA) is 48.5 Å². The van der Waals surface area contributed by atoms with Crippen LogP contribution in [0.4, 0.5) is 14.9 Å². The average Bonchev–Trinajstić information content (AvgIpc) is 3.20. The molecule has 5 nitrogen and oxygen atoms in total. The number of hydrogen-bond donors (Lipinski definition) is 1. The maximum Gasteiger partial charge on any atom is 0.321 e. The third-order valence-electron chi connectivity index (χ3n) is 4.53. The largest absolute Gasteiger partial charge is 0.326 e. The summed E-state index contributed by atoms with van der Waals surface area (Å²) in [4.78, 5) is 21.4. The zero-order chi connectivity index (χ0) is 17.8. The molecule has 7 heteroatoms. The standard InChI is InChI=1S/C18H23FN4OS/c1-13-5-6-20-9-17(13)21-18(24)22(2)11-15-8-14(19)10-23(15)12-16-4-3-7-25-16/h3-7,9,14-15H,8,10-12H2,1-2H3,(H,21,24)/t14-,15-/m0/s1. The third kappa shape index (κ3) is 4.55. The zero-order valence-electron chi connectivity index (χ0n) is 14.5. The lowest BCUT2D eigenvalue weighted by molar-refractivity contribution is 0.183. The molecule has 3 rings (SSSR count). The number of amides is 2. The quantitative estimate of drug-likeness (QED) is 0.885. The Bertz CT molecular complexity index is 709. The van der Waals surface area contributed by atoms with Crippen molar-refractivity contribution in [3.63, 3.8) is 0 Å². The molecule has 0 unspecified atom stereocenters. The van der Waals surface area contributed by atoms with Gasteiger partial charge in [0.15, 0.2) is 0 Å². The van der Waals surface area contributed by atoms with Crippen molar-refractivity contribution in [2.45, 2.75) is 32.1 Å². The fourth-order valence-corrected chi connectivity index (χ4v) is 3.84. The monoisotopic (exact) mass is 362 g/mol. The predicted octanol–water partition coefficient (Wildman–Crippen LogP) is 3.53. The number of rotatable bonds is 5. The molecule has 0 aliphatic carbocycles. The van der Waals surface area contributed by atoms with Crippen molar-refractivity contribution in [1.82, 2.24) is 14.8 Å². The molecule has 1 fully saturated rings. The molecule has 0 bridgehead atoms. The molecule has 2 amide bonds.